The molecule has 0 saturated heterocycles. The number of anilines is 2. The van der Waals surface area contributed by atoms with E-state index < -0.39 is 6.04 Å². The third-order valence-electron chi connectivity index (χ3n) is 4.54. The van der Waals surface area contributed by atoms with Gasteiger partial charge in [-0.15, -0.1) is 0 Å². The summed E-state index contributed by atoms with van der Waals surface area (Å²) in [7, 11) is 0. The summed E-state index contributed by atoms with van der Waals surface area (Å²) in [5, 5.41) is 12.9. The number of hydrogen-bond donors (Lipinski definition) is 2. The number of nitriles is 1. The number of rotatable bonds is 4. The second kappa shape index (κ2) is 7.30. The van der Waals surface area contributed by atoms with Crippen molar-refractivity contribution in [2.75, 3.05) is 11.1 Å². The molecule has 0 aliphatic rings. The number of fused-ring (bicyclic) bond motifs is 1. The highest BCUT2D eigenvalue weighted by atomic mass is 35.5. The number of halogens is 1. The summed E-state index contributed by atoms with van der Waals surface area (Å²) in [6, 6.07) is 12.6. The largest absolute Gasteiger partial charge is 0.368 e. The van der Waals surface area contributed by atoms with Gasteiger partial charge in [0.1, 0.15) is 23.0 Å². The van der Waals surface area contributed by atoms with E-state index >= 15 is 0 Å². The third-order valence-corrected chi connectivity index (χ3v) is 4.85. The molecule has 1 aromatic carbocycles. The van der Waals surface area contributed by atoms with E-state index in [9.17, 15) is 10.1 Å². The number of para-hydroxylation sites is 1. The van der Waals surface area contributed by atoms with Crippen molar-refractivity contribution in [2.24, 2.45) is 0 Å². The lowest BCUT2D eigenvalue weighted by Crippen LogP contribution is -2.27. The monoisotopic (exact) mass is 405 g/mol. The highest BCUT2D eigenvalue weighted by Gasteiger charge is 2.19. The molecule has 29 heavy (non-hydrogen) atoms. The molecular formula is C20H16ClN7O. The first-order chi connectivity index (χ1) is 14.0. The molecule has 8 nitrogen and oxygen atoms in total. The average molecular weight is 406 g/mol. The van der Waals surface area contributed by atoms with Crippen molar-refractivity contribution in [3.63, 3.8) is 0 Å². The fourth-order valence-corrected chi connectivity index (χ4v) is 3.42. The highest BCUT2D eigenvalue weighted by Crippen LogP contribution is 2.24. The van der Waals surface area contributed by atoms with Gasteiger partial charge in [0.15, 0.2) is 0 Å². The Morgan fingerprint density at radius 3 is 2.76 bits per heavy atom. The molecule has 9 heteroatoms. The Hall–Kier alpha value is -3.83. The van der Waals surface area contributed by atoms with Crippen LogP contribution >= 0.6 is 11.6 Å². The van der Waals surface area contributed by atoms with E-state index in [2.05, 4.69) is 15.3 Å². The van der Waals surface area contributed by atoms with Crippen LogP contribution in [0, 0.1) is 11.3 Å². The zero-order chi connectivity index (χ0) is 20.5. The molecular weight excluding hydrogens is 390 g/mol. The summed E-state index contributed by atoms with van der Waals surface area (Å²) in [6.07, 6.45) is 4.91. The number of nitrogens with one attached hydrogen (secondary N) is 1. The van der Waals surface area contributed by atoms with Gasteiger partial charge in [-0.25, -0.2) is 4.98 Å². The second-order valence-electron chi connectivity index (χ2n) is 6.42. The number of nitrogens with two attached hydrogens (primary N) is 1. The molecule has 0 spiro atoms. The van der Waals surface area contributed by atoms with Crippen LogP contribution in [0.1, 0.15) is 24.2 Å². The quantitative estimate of drug-likeness (QED) is 0.539. The van der Waals surface area contributed by atoms with Gasteiger partial charge >= 0.3 is 0 Å². The van der Waals surface area contributed by atoms with Crippen LogP contribution in [0.5, 0.6) is 0 Å². The van der Waals surface area contributed by atoms with E-state index in [1.54, 1.807) is 21.2 Å². The van der Waals surface area contributed by atoms with E-state index in [-0.39, 0.29) is 17.1 Å². The lowest BCUT2D eigenvalue weighted by Gasteiger charge is -2.21. The Balaban J connectivity index is 1.90. The van der Waals surface area contributed by atoms with E-state index in [1.165, 1.54) is 6.20 Å². The first-order valence-corrected chi connectivity index (χ1v) is 9.14. The molecule has 3 N–H and O–H groups in total. The minimum absolute atomic E-state index is 0.0480. The molecule has 3 aromatic heterocycles. The van der Waals surface area contributed by atoms with Crippen LogP contribution < -0.4 is 16.6 Å². The van der Waals surface area contributed by atoms with Crippen molar-refractivity contribution >= 4 is 28.9 Å². The van der Waals surface area contributed by atoms with E-state index in [0.717, 1.165) is 0 Å². The lowest BCUT2D eigenvalue weighted by molar-refractivity contribution is 0.753. The maximum Gasteiger partial charge on any atom is 0.281 e. The SMILES string of the molecule is CC(Nc1nc(N)ncc1C#N)c1cn2ccc(Cl)c2c(=O)n1-c1ccccc1. The molecule has 144 valence electrons. The Labute approximate surface area is 170 Å². The average Bonchev–Trinajstić information content (AvgIpc) is 3.09. The summed E-state index contributed by atoms with van der Waals surface area (Å²) >= 11 is 6.24. The molecule has 0 bridgehead atoms. The van der Waals surface area contributed by atoms with Crippen molar-refractivity contribution < 1.29 is 0 Å². The zero-order valence-corrected chi connectivity index (χ0v) is 16.1. The van der Waals surface area contributed by atoms with E-state index in [0.29, 0.717) is 27.7 Å². The van der Waals surface area contributed by atoms with Crippen LogP contribution in [0.15, 0.2) is 59.8 Å². The molecule has 4 aromatic rings. The summed E-state index contributed by atoms with van der Waals surface area (Å²) in [6.45, 7) is 1.87. The molecule has 0 amide bonds. The summed E-state index contributed by atoms with van der Waals surface area (Å²) in [5.41, 5.74) is 7.41. The van der Waals surface area contributed by atoms with Gasteiger partial charge in [0.2, 0.25) is 5.95 Å². The van der Waals surface area contributed by atoms with Crippen molar-refractivity contribution in [2.45, 2.75) is 13.0 Å². The van der Waals surface area contributed by atoms with Gasteiger partial charge in [0.25, 0.3) is 5.56 Å². The summed E-state index contributed by atoms with van der Waals surface area (Å²) in [4.78, 5) is 21.3. The number of aromatic nitrogens is 4. The number of nitrogens with zero attached hydrogens (tertiary/aromatic N) is 5. The predicted octanol–water partition coefficient (Wildman–Crippen LogP) is 3.16. The second-order valence-corrected chi connectivity index (χ2v) is 6.83. The van der Waals surface area contributed by atoms with Crippen LogP contribution in [-0.4, -0.2) is 18.9 Å². The molecule has 0 aliphatic heterocycles. The van der Waals surface area contributed by atoms with Crippen LogP contribution in [0.3, 0.4) is 0 Å². The van der Waals surface area contributed by atoms with Gasteiger partial charge in [-0.3, -0.25) is 9.36 Å². The highest BCUT2D eigenvalue weighted by molar-refractivity contribution is 6.33. The van der Waals surface area contributed by atoms with Crippen LogP contribution in [0.2, 0.25) is 5.02 Å². The fourth-order valence-electron chi connectivity index (χ4n) is 3.18. The van der Waals surface area contributed by atoms with Gasteiger partial charge in [-0.05, 0) is 25.1 Å². The third kappa shape index (κ3) is 3.28. The molecule has 3 heterocycles. The molecule has 0 saturated carbocycles. The Bertz CT molecular complexity index is 1300. The van der Waals surface area contributed by atoms with Gasteiger partial charge < -0.3 is 15.5 Å². The maximum atomic E-state index is 13.3. The zero-order valence-electron chi connectivity index (χ0n) is 15.4. The summed E-state index contributed by atoms with van der Waals surface area (Å²) in [5.74, 6) is 0.344. The normalized spacial score (nSPS) is 11.9. The Morgan fingerprint density at radius 1 is 1.28 bits per heavy atom. The van der Waals surface area contributed by atoms with Crippen LogP contribution in [-0.2, 0) is 0 Å². The number of benzene rings is 1. The standard InChI is InChI=1S/C20H16ClN7O/c1-12(25-18-13(9-22)10-24-20(23)26-18)16-11-27-8-7-15(21)17(27)19(29)28(16)14-5-3-2-4-6-14/h2-8,10-12H,1H3,(H3,23,24,25,26). The smallest absolute Gasteiger partial charge is 0.281 e. The van der Waals surface area contributed by atoms with Crippen LogP contribution in [0.4, 0.5) is 11.8 Å². The van der Waals surface area contributed by atoms with E-state index in [4.69, 9.17) is 17.3 Å². The Morgan fingerprint density at radius 2 is 2.03 bits per heavy atom. The van der Waals surface area contributed by atoms with Crippen molar-refractivity contribution in [1.29, 1.82) is 5.26 Å². The minimum atomic E-state index is -0.394. The van der Waals surface area contributed by atoms with Gasteiger partial charge in [0, 0.05) is 18.1 Å². The number of hydrogen-bond acceptors (Lipinski definition) is 6. The van der Waals surface area contributed by atoms with Gasteiger partial charge in [0.05, 0.1) is 23.0 Å². The van der Waals surface area contributed by atoms with Gasteiger partial charge in [-0.1, -0.05) is 29.8 Å². The van der Waals surface area contributed by atoms with Crippen LogP contribution in [0.25, 0.3) is 11.2 Å². The lowest BCUT2D eigenvalue weighted by atomic mass is 10.2. The van der Waals surface area contributed by atoms with Crippen molar-refractivity contribution in [3.05, 3.63) is 81.6 Å². The molecule has 0 aliphatic carbocycles. The molecule has 1 atom stereocenters. The molecule has 1 unspecified atom stereocenters. The predicted molar refractivity (Wildman–Crippen MR) is 111 cm³/mol. The van der Waals surface area contributed by atoms with Crippen molar-refractivity contribution in [1.82, 2.24) is 18.9 Å². The molecule has 0 radical (unpaired) electrons. The first-order valence-electron chi connectivity index (χ1n) is 8.76. The van der Waals surface area contributed by atoms with Gasteiger partial charge in [-0.2, -0.15) is 10.2 Å². The molecule has 4 rings (SSSR count). The fraction of sp³-hybridized carbons (Fsp3) is 0.100. The van der Waals surface area contributed by atoms with Crippen molar-refractivity contribution in [3.8, 4) is 11.8 Å². The topological polar surface area (TPSA) is 114 Å². The summed E-state index contributed by atoms with van der Waals surface area (Å²) < 4.78 is 3.28. The first kappa shape index (κ1) is 18.5. The van der Waals surface area contributed by atoms with E-state index in [1.807, 2.05) is 49.5 Å². The Kier molecular flexibility index (Phi) is 4.66. The maximum absolute atomic E-state index is 13.3. The number of nitrogen functional groups attached to an aromatic ring is 1. The molecule has 0 fully saturated rings. The minimum Gasteiger partial charge on any atom is -0.368 e.